The highest BCUT2D eigenvalue weighted by molar-refractivity contribution is 6.35. The summed E-state index contributed by atoms with van der Waals surface area (Å²) >= 11 is 0. The highest BCUT2D eigenvalue weighted by Crippen LogP contribution is 2.16. The van der Waals surface area contributed by atoms with Crippen molar-refractivity contribution in [2.24, 2.45) is 0 Å². The van der Waals surface area contributed by atoms with Crippen molar-refractivity contribution in [1.82, 2.24) is 15.5 Å². The lowest BCUT2D eigenvalue weighted by Gasteiger charge is -2.36. The Hall–Kier alpha value is -2.15. The van der Waals surface area contributed by atoms with Crippen LogP contribution in [0.5, 0.6) is 0 Å². The number of anilines is 1. The van der Waals surface area contributed by atoms with Crippen LogP contribution in [0, 0.1) is 5.82 Å². The Labute approximate surface area is 154 Å². The molecule has 1 aromatic carbocycles. The molecule has 1 fully saturated rings. The molecule has 0 saturated carbocycles. The van der Waals surface area contributed by atoms with Gasteiger partial charge in [0, 0.05) is 44.0 Å². The zero-order valence-electron chi connectivity index (χ0n) is 15.8. The second-order valence-corrected chi connectivity index (χ2v) is 7.62. The molecule has 2 rings (SSSR count). The van der Waals surface area contributed by atoms with E-state index < -0.39 is 17.4 Å². The Morgan fingerprint density at radius 2 is 1.65 bits per heavy atom. The monoisotopic (exact) mass is 364 g/mol. The van der Waals surface area contributed by atoms with Crippen LogP contribution in [0.15, 0.2) is 24.3 Å². The number of amides is 2. The van der Waals surface area contributed by atoms with Gasteiger partial charge in [0.2, 0.25) is 0 Å². The first-order valence-corrected chi connectivity index (χ1v) is 9.08. The third kappa shape index (κ3) is 6.63. The fourth-order valence-electron chi connectivity index (χ4n) is 2.86. The van der Waals surface area contributed by atoms with Gasteiger partial charge < -0.3 is 15.5 Å². The summed E-state index contributed by atoms with van der Waals surface area (Å²) < 4.78 is 13.0. The fraction of sp³-hybridized carbons (Fsp3) is 0.579. The number of piperazine rings is 1. The van der Waals surface area contributed by atoms with Crippen molar-refractivity contribution in [1.29, 1.82) is 0 Å². The molecule has 6 nitrogen and oxygen atoms in total. The number of rotatable bonds is 5. The normalized spacial score (nSPS) is 15.6. The number of benzene rings is 1. The average molecular weight is 364 g/mol. The molecule has 0 unspecified atom stereocenters. The van der Waals surface area contributed by atoms with Gasteiger partial charge in [-0.15, -0.1) is 0 Å². The molecule has 1 heterocycles. The van der Waals surface area contributed by atoms with Crippen molar-refractivity contribution in [3.8, 4) is 0 Å². The van der Waals surface area contributed by atoms with Crippen molar-refractivity contribution in [2.45, 2.75) is 32.7 Å². The van der Waals surface area contributed by atoms with Gasteiger partial charge >= 0.3 is 11.8 Å². The molecule has 0 bridgehead atoms. The van der Waals surface area contributed by atoms with Gasteiger partial charge in [-0.1, -0.05) is 0 Å². The molecule has 26 heavy (non-hydrogen) atoms. The summed E-state index contributed by atoms with van der Waals surface area (Å²) in [6.07, 6.45) is 0.797. The van der Waals surface area contributed by atoms with Crippen molar-refractivity contribution in [2.75, 3.05) is 44.2 Å². The van der Waals surface area contributed by atoms with Crippen LogP contribution in [0.25, 0.3) is 0 Å². The summed E-state index contributed by atoms with van der Waals surface area (Å²) in [6, 6.07) is 6.59. The predicted octanol–water partition coefficient (Wildman–Crippen LogP) is 1.37. The van der Waals surface area contributed by atoms with Gasteiger partial charge in [-0.2, -0.15) is 0 Å². The van der Waals surface area contributed by atoms with Crippen molar-refractivity contribution in [3.05, 3.63) is 30.1 Å². The van der Waals surface area contributed by atoms with Crippen molar-refractivity contribution < 1.29 is 14.0 Å². The summed E-state index contributed by atoms with van der Waals surface area (Å²) in [6.45, 7) is 10.5. The summed E-state index contributed by atoms with van der Waals surface area (Å²) in [5, 5.41) is 5.30. The van der Waals surface area contributed by atoms with Gasteiger partial charge in [0.1, 0.15) is 5.82 Å². The SMILES string of the molecule is CC(C)(C)NC(=O)C(=O)NCCCN1CCN(c2ccc(F)cc2)CC1. The topological polar surface area (TPSA) is 64.7 Å². The average Bonchev–Trinajstić information content (AvgIpc) is 2.58. The van der Waals surface area contributed by atoms with Gasteiger partial charge in [0.05, 0.1) is 0 Å². The maximum Gasteiger partial charge on any atom is 0.309 e. The molecule has 0 radical (unpaired) electrons. The Balaban J connectivity index is 1.62. The maximum absolute atomic E-state index is 13.0. The molecule has 144 valence electrons. The first-order valence-electron chi connectivity index (χ1n) is 9.08. The van der Waals surface area contributed by atoms with E-state index in [1.165, 1.54) is 12.1 Å². The van der Waals surface area contributed by atoms with Gasteiger partial charge in [0.15, 0.2) is 0 Å². The number of carbonyl (C=O) groups excluding carboxylic acids is 2. The first-order chi connectivity index (χ1) is 12.2. The molecule has 0 atom stereocenters. The molecule has 0 aliphatic carbocycles. The van der Waals surface area contributed by atoms with E-state index in [9.17, 15) is 14.0 Å². The Kier molecular flexibility index (Phi) is 6.97. The van der Waals surface area contributed by atoms with Crippen LogP contribution in [-0.2, 0) is 9.59 Å². The van der Waals surface area contributed by atoms with E-state index in [-0.39, 0.29) is 5.82 Å². The second kappa shape index (κ2) is 8.98. The van der Waals surface area contributed by atoms with E-state index in [0.717, 1.165) is 44.8 Å². The fourth-order valence-corrected chi connectivity index (χ4v) is 2.86. The van der Waals surface area contributed by atoms with Gasteiger partial charge in [-0.25, -0.2) is 4.39 Å². The first kappa shape index (κ1) is 20.2. The lowest BCUT2D eigenvalue weighted by atomic mass is 10.1. The zero-order valence-corrected chi connectivity index (χ0v) is 15.8. The third-order valence-corrected chi connectivity index (χ3v) is 4.20. The minimum absolute atomic E-state index is 0.217. The van der Waals surface area contributed by atoms with E-state index in [4.69, 9.17) is 0 Å². The standard InChI is InChI=1S/C19H29FN4O2/c1-19(2,3)22-18(26)17(25)21-9-4-10-23-11-13-24(14-12-23)16-7-5-15(20)6-8-16/h5-8H,4,9-14H2,1-3H3,(H,21,25)(H,22,26). The maximum atomic E-state index is 13.0. The minimum atomic E-state index is -0.592. The van der Waals surface area contributed by atoms with E-state index in [0.29, 0.717) is 6.54 Å². The molecule has 0 aromatic heterocycles. The van der Waals surface area contributed by atoms with E-state index >= 15 is 0 Å². The van der Waals surface area contributed by atoms with Gasteiger partial charge in [-0.05, 0) is 58.0 Å². The molecule has 2 N–H and O–H groups in total. The predicted molar refractivity (Wildman–Crippen MR) is 101 cm³/mol. The molecule has 1 aromatic rings. The highest BCUT2D eigenvalue weighted by atomic mass is 19.1. The Bertz CT molecular complexity index is 605. The van der Waals surface area contributed by atoms with Crippen LogP contribution in [0.3, 0.4) is 0 Å². The van der Waals surface area contributed by atoms with Gasteiger partial charge in [0.25, 0.3) is 0 Å². The molecule has 1 aliphatic rings. The van der Waals surface area contributed by atoms with Crippen molar-refractivity contribution in [3.63, 3.8) is 0 Å². The van der Waals surface area contributed by atoms with E-state index in [1.54, 1.807) is 0 Å². The summed E-state index contributed by atoms with van der Waals surface area (Å²) in [7, 11) is 0. The zero-order chi connectivity index (χ0) is 19.2. The molecular weight excluding hydrogens is 335 g/mol. The van der Waals surface area contributed by atoms with E-state index in [1.807, 2.05) is 32.9 Å². The lowest BCUT2D eigenvalue weighted by molar-refractivity contribution is -0.140. The smallest absolute Gasteiger partial charge is 0.309 e. The molecule has 0 spiro atoms. The second-order valence-electron chi connectivity index (χ2n) is 7.62. The number of halogens is 1. The third-order valence-electron chi connectivity index (χ3n) is 4.20. The highest BCUT2D eigenvalue weighted by Gasteiger charge is 2.20. The summed E-state index contributed by atoms with van der Waals surface area (Å²) in [4.78, 5) is 28.0. The van der Waals surface area contributed by atoms with E-state index in [2.05, 4.69) is 20.4 Å². The van der Waals surface area contributed by atoms with Crippen LogP contribution in [0.4, 0.5) is 10.1 Å². The summed E-state index contributed by atoms with van der Waals surface area (Å²) in [5.74, 6) is -1.39. The Morgan fingerprint density at radius 3 is 2.23 bits per heavy atom. The molecule has 7 heteroatoms. The van der Waals surface area contributed by atoms with Crippen LogP contribution in [-0.4, -0.2) is 61.5 Å². The summed E-state index contributed by atoms with van der Waals surface area (Å²) in [5.41, 5.74) is 0.627. The van der Waals surface area contributed by atoms with Crippen LogP contribution in [0.1, 0.15) is 27.2 Å². The molecule has 2 amide bonds. The number of hydrogen-bond acceptors (Lipinski definition) is 4. The molecule has 1 saturated heterocycles. The number of nitrogens with one attached hydrogen (secondary N) is 2. The number of nitrogens with zero attached hydrogens (tertiary/aromatic N) is 2. The van der Waals surface area contributed by atoms with Crippen LogP contribution >= 0.6 is 0 Å². The number of hydrogen-bond donors (Lipinski definition) is 2. The number of carbonyl (C=O) groups is 2. The lowest BCUT2D eigenvalue weighted by Crippen LogP contribution is -2.49. The molecular formula is C19H29FN4O2. The quantitative estimate of drug-likeness (QED) is 0.612. The van der Waals surface area contributed by atoms with Crippen molar-refractivity contribution >= 4 is 17.5 Å². The van der Waals surface area contributed by atoms with Gasteiger partial charge in [-0.3, -0.25) is 14.5 Å². The molecule has 1 aliphatic heterocycles. The van der Waals surface area contributed by atoms with Crippen LogP contribution < -0.4 is 15.5 Å². The van der Waals surface area contributed by atoms with Crippen LogP contribution in [0.2, 0.25) is 0 Å². The Morgan fingerprint density at radius 1 is 1.04 bits per heavy atom. The minimum Gasteiger partial charge on any atom is -0.369 e. The largest absolute Gasteiger partial charge is 0.369 e.